The Kier molecular flexibility index (Phi) is 8.61. The molecule has 0 aromatic heterocycles. The summed E-state index contributed by atoms with van der Waals surface area (Å²) >= 11 is 5.94. The van der Waals surface area contributed by atoms with Gasteiger partial charge in [0.05, 0.1) is 23.0 Å². The van der Waals surface area contributed by atoms with E-state index >= 15 is 0 Å². The lowest BCUT2D eigenvalue weighted by atomic mass is 9.73. The van der Waals surface area contributed by atoms with E-state index < -0.39 is 41.3 Å². The van der Waals surface area contributed by atoms with Crippen molar-refractivity contribution >= 4 is 35.0 Å². The molecule has 2 bridgehead atoms. The molecule has 10 heteroatoms. The average molecular weight is 615 g/mol. The first-order valence-corrected chi connectivity index (χ1v) is 16.4. The second kappa shape index (κ2) is 12.1. The van der Waals surface area contributed by atoms with Gasteiger partial charge in [0.2, 0.25) is 17.7 Å². The molecule has 4 fully saturated rings. The predicted molar refractivity (Wildman–Crippen MR) is 163 cm³/mol. The minimum Gasteiger partial charge on any atom is -0.359 e. The van der Waals surface area contributed by atoms with Gasteiger partial charge < -0.3 is 25.2 Å². The molecule has 8 atom stereocenters. The van der Waals surface area contributed by atoms with Crippen LogP contribution in [-0.4, -0.2) is 77.5 Å². The van der Waals surface area contributed by atoms with Crippen LogP contribution in [0.4, 0.5) is 10.1 Å². The molecule has 3 saturated heterocycles. The zero-order valence-electron chi connectivity index (χ0n) is 25.4. The van der Waals surface area contributed by atoms with Crippen molar-refractivity contribution in [2.24, 2.45) is 29.6 Å². The number of hydrogen-bond acceptors (Lipinski definition) is 5. The van der Waals surface area contributed by atoms with Gasteiger partial charge in [-0.05, 0) is 81.3 Å². The highest BCUT2D eigenvalue weighted by atomic mass is 35.5. The summed E-state index contributed by atoms with van der Waals surface area (Å²) in [4.78, 5) is 46.3. The van der Waals surface area contributed by atoms with E-state index in [-0.39, 0.29) is 22.9 Å². The largest absolute Gasteiger partial charge is 0.359 e. The predicted octanol–water partition coefficient (Wildman–Crippen LogP) is 4.63. The summed E-state index contributed by atoms with van der Waals surface area (Å²) in [6.45, 7) is 10.1. The maximum Gasteiger partial charge on any atom is 0.246 e. The van der Waals surface area contributed by atoms with Crippen LogP contribution in [0, 0.1) is 35.4 Å². The van der Waals surface area contributed by atoms with Gasteiger partial charge in [-0.1, -0.05) is 57.4 Å². The zero-order valence-corrected chi connectivity index (χ0v) is 26.1. The number of carbonyl (C=O) groups is 3. The molecule has 5 aliphatic rings. The number of nitrogens with zero attached hydrogens (tertiary/aromatic N) is 2. The third-order valence-corrected chi connectivity index (χ3v) is 11.2. The number of nitrogens with one attached hydrogen (secondary N) is 2. The van der Waals surface area contributed by atoms with E-state index in [9.17, 15) is 18.8 Å². The molecule has 2 N–H and O–H groups in total. The van der Waals surface area contributed by atoms with Crippen LogP contribution in [0.1, 0.15) is 59.3 Å². The van der Waals surface area contributed by atoms with Crippen LogP contribution in [0.3, 0.4) is 0 Å². The standard InChI is InChI=1S/C33H44ClFN4O4/c1-19-11-16-38(17-12-19)14-5-15-39-29(31(41)37-25-7-4-6-20(2)21(25)3)33-13-10-26(43-33)27(28(33)32(39)42)30(40)36-22-8-9-24(35)23(34)18-22/h8-10,13,18-21,25-29H,4-7,11-12,14-17H2,1-3H3,(H,36,40)(H,37,41). The first kappa shape index (κ1) is 30.5. The van der Waals surface area contributed by atoms with Crippen LogP contribution in [0.2, 0.25) is 5.02 Å². The van der Waals surface area contributed by atoms with Gasteiger partial charge in [0.1, 0.15) is 17.5 Å². The molecule has 43 heavy (non-hydrogen) atoms. The number of benzene rings is 1. The Hall–Kier alpha value is -2.49. The Morgan fingerprint density at radius 2 is 1.86 bits per heavy atom. The zero-order chi connectivity index (χ0) is 30.5. The number of amides is 3. The Morgan fingerprint density at radius 1 is 1.09 bits per heavy atom. The van der Waals surface area contributed by atoms with Gasteiger partial charge in [0.25, 0.3) is 0 Å². The Bertz CT molecular complexity index is 1290. The first-order valence-electron chi connectivity index (χ1n) is 16.1. The van der Waals surface area contributed by atoms with Crippen LogP contribution < -0.4 is 10.6 Å². The number of piperidine rings is 1. The molecule has 4 aliphatic heterocycles. The smallest absolute Gasteiger partial charge is 0.246 e. The van der Waals surface area contributed by atoms with E-state index in [1.54, 1.807) is 4.90 Å². The van der Waals surface area contributed by atoms with E-state index in [1.165, 1.54) is 31.0 Å². The van der Waals surface area contributed by atoms with E-state index in [2.05, 4.69) is 36.3 Å². The second-order valence-electron chi connectivity index (χ2n) is 13.6. The van der Waals surface area contributed by atoms with Gasteiger partial charge in [-0.3, -0.25) is 14.4 Å². The number of ether oxygens (including phenoxy) is 1. The fraction of sp³-hybridized carbons (Fsp3) is 0.667. The molecule has 8 nitrogen and oxygen atoms in total. The maximum atomic E-state index is 14.3. The summed E-state index contributed by atoms with van der Waals surface area (Å²) in [7, 11) is 0. The van der Waals surface area contributed by atoms with Crippen molar-refractivity contribution in [2.45, 2.75) is 83.1 Å². The van der Waals surface area contributed by atoms with Crippen molar-refractivity contribution in [2.75, 3.05) is 31.5 Å². The fourth-order valence-electron chi connectivity index (χ4n) is 8.11. The molecule has 4 heterocycles. The topological polar surface area (TPSA) is 91.0 Å². The summed E-state index contributed by atoms with van der Waals surface area (Å²) in [6, 6.07) is 3.15. The van der Waals surface area contributed by atoms with Crippen LogP contribution in [-0.2, 0) is 19.1 Å². The fourth-order valence-corrected chi connectivity index (χ4v) is 8.29. The SMILES string of the molecule is CC1CCN(CCCN2C(=O)C3C(C(=O)Nc4ccc(F)c(Cl)c4)C4C=CC3(O4)C2C(=O)NC2CCCC(C)C2C)CC1. The Labute approximate surface area is 258 Å². The van der Waals surface area contributed by atoms with Gasteiger partial charge in [-0.25, -0.2) is 4.39 Å². The third-order valence-electron chi connectivity index (χ3n) is 10.9. The van der Waals surface area contributed by atoms with E-state index in [0.717, 1.165) is 51.2 Å². The molecule has 1 aromatic carbocycles. The summed E-state index contributed by atoms with van der Waals surface area (Å²) in [5, 5.41) is 6.02. The van der Waals surface area contributed by atoms with E-state index in [0.29, 0.717) is 24.1 Å². The summed E-state index contributed by atoms with van der Waals surface area (Å²) < 4.78 is 20.2. The number of fused-ring (bicyclic) bond motifs is 1. The van der Waals surface area contributed by atoms with Crippen molar-refractivity contribution in [3.8, 4) is 0 Å². The molecule has 0 radical (unpaired) electrons. The summed E-state index contributed by atoms with van der Waals surface area (Å²) in [5.41, 5.74) is -0.872. The molecule has 6 rings (SSSR count). The molecule has 8 unspecified atom stereocenters. The van der Waals surface area contributed by atoms with Gasteiger partial charge in [-0.2, -0.15) is 0 Å². The minimum atomic E-state index is -1.21. The molecule has 3 amide bonds. The number of hydrogen-bond donors (Lipinski definition) is 2. The molecular weight excluding hydrogens is 571 g/mol. The number of halogens is 2. The van der Waals surface area contributed by atoms with Crippen molar-refractivity contribution in [3.05, 3.63) is 41.2 Å². The number of rotatable bonds is 8. The monoisotopic (exact) mass is 614 g/mol. The van der Waals surface area contributed by atoms with Gasteiger partial charge >= 0.3 is 0 Å². The highest BCUT2D eigenvalue weighted by Gasteiger charge is 2.72. The van der Waals surface area contributed by atoms with Crippen molar-refractivity contribution in [1.82, 2.24) is 15.1 Å². The van der Waals surface area contributed by atoms with Gasteiger partial charge in [0.15, 0.2) is 0 Å². The van der Waals surface area contributed by atoms with Crippen LogP contribution in [0.15, 0.2) is 30.4 Å². The Balaban J connectivity index is 1.24. The van der Waals surface area contributed by atoms with Crippen LogP contribution >= 0.6 is 11.6 Å². The molecule has 1 aromatic rings. The van der Waals surface area contributed by atoms with Gasteiger partial charge in [-0.15, -0.1) is 0 Å². The van der Waals surface area contributed by atoms with Crippen molar-refractivity contribution in [1.29, 1.82) is 0 Å². The highest BCUT2D eigenvalue weighted by molar-refractivity contribution is 6.31. The molecular formula is C33H44ClFN4O4. The molecule has 234 valence electrons. The van der Waals surface area contributed by atoms with Crippen LogP contribution in [0.5, 0.6) is 0 Å². The van der Waals surface area contributed by atoms with Crippen LogP contribution in [0.25, 0.3) is 0 Å². The van der Waals surface area contributed by atoms with Crippen molar-refractivity contribution < 1.29 is 23.5 Å². The van der Waals surface area contributed by atoms with E-state index in [1.807, 2.05) is 12.2 Å². The maximum absolute atomic E-state index is 14.3. The highest BCUT2D eigenvalue weighted by Crippen LogP contribution is 2.55. The Morgan fingerprint density at radius 3 is 2.60 bits per heavy atom. The number of likely N-dealkylation sites (tertiary alicyclic amines) is 2. The van der Waals surface area contributed by atoms with E-state index in [4.69, 9.17) is 16.3 Å². The van der Waals surface area contributed by atoms with Gasteiger partial charge in [0, 0.05) is 18.3 Å². The molecule has 1 spiro atoms. The minimum absolute atomic E-state index is 0.0314. The second-order valence-corrected chi connectivity index (χ2v) is 14.0. The quantitative estimate of drug-likeness (QED) is 0.417. The normalized spacial score (nSPS) is 35.8. The summed E-state index contributed by atoms with van der Waals surface area (Å²) in [5.74, 6) is -1.49. The van der Waals surface area contributed by atoms with Crippen molar-refractivity contribution in [3.63, 3.8) is 0 Å². The molecule has 1 saturated carbocycles. The lowest BCUT2D eigenvalue weighted by Gasteiger charge is -2.38. The molecule has 1 aliphatic carbocycles. The average Bonchev–Trinajstić information content (AvgIpc) is 3.62. The third kappa shape index (κ3) is 5.61. The summed E-state index contributed by atoms with van der Waals surface area (Å²) in [6.07, 6.45) is 9.23. The first-order chi connectivity index (χ1) is 20.6. The lowest BCUT2D eigenvalue weighted by molar-refractivity contribution is -0.141. The lowest BCUT2D eigenvalue weighted by Crippen LogP contribution is -2.58. The number of anilines is 1. The number of carbonyl (C=O) groups excluding carboxylic acids is 3.